The molecular formula is C23H30N4O7S. The largest absolute Gasteiger partial charge is 0.423 e. The summed E-state index contributed by atoms with van der Waals surface area (Å²) in [6.45, 7) is 1.27. The average molecular weight is 507 g/mol. The quantitative estimate of drug-likeness (QED) is 0.356. The smallest absolute Gasteiger partial charge is 0.317 e. The minimum atomic E-state index is -3.89. The Labute approximate surface area is 203 Å². The maximum Gasteiger partial charge on any atom is 0.317 e. The standard InChI is InChI=1S/C23H30N4O7S/c28-12-4-3-9-27(23-25-18-5-1-2-6-19(18)34-23)21(29)20(35(31,32)16-17-7-8-17)15-24-22(30)26-10-13-33-14-11-26/h1-2,5-6,12,17,20H,3-4,7-11,13-16H2,(H,24,30). The molecule has 35 heavy (non-hydrogen) atoms. The number of fused-ring (bicyclic) bond motifs is 1. The van der Waals surface area contributed by atoms with Crippen molar-refractivity contribution in [2.75, 3.05) is 50.0 Å². The highest BCUT2D eigenvalue weighted by Crippen LogP contribution is 2.32. The summed E-state index contributed by atoms with van der Waals surface area (Å²) < 4.78 is 37.6. The van der Waals surface area contributed by atoms with Crippen molar-refractivity contribution >= 4 is 45.2 Å². The summed E-state index contributed by atoms with van der Waals surface area (Å²) >= 11 is 0. The summed E-state index contributed by atoms with van der Waals surface area (Å²) in [5.41, 5.74) is 0.974. The van der Waals surface area contributed by atoms with E-state index in [1.807, 2.05) is 0 Å². The predicted molar refractivity (Wildman–Crippen MR) is 128 cm³/mol. The number of hydrogen-bond donors (Lipinski definition) is 1. The number of carbonyl (C=O) groups excluding carboxylic acids is 3. The minimum absolute atomic E-state index is 0.0260. The molecule has 12 heteroatoms. The predicted octanol–water partition coefficient (Wildman–Crippen LogP) is 1.38. The number of unbranched alkanes of at least 4 members (excludes halogenated alkanes) is 1. The van der Waals surface area contributed by atoms with Crippen molar-refractivity contribution in [2.24, 2.45) is 5.92 Å². The van der Waals surface area contributed by atoms with Crippen LogP contribution in [0.2, 0.25) is 0 Å². The summed E-state index contributed by atoms with van der Waals surface area (Å²) in [5, 5.41) is 1.13. The molecule has 2 fully saturated rings. The minimum Gasteiger partial charge on any atom is -0.423 e. The number of nitrogens with zero attached hydrogens (tertiary/aromatic N) is 3. The van der Waals surface area contributed by atoms with Crippen LogP contribution in [0.15, 0.2) is 28.7 Å². The molecule has 0 spiro atoms. The van der Waals surface area contributed by atoms with Crippen LogP contribution in [0.3, 0.4) is 0 Å². The molecule has 11 nitrogen and oxygen atoms in total. The van der Waals surface area contributed by atoms with Gasteiger partial charge in [0.25, 0.3) is 5.91 Å². The topological polar surface area (TPSA) is 139 Å². The van der Waals surface area contributed by atoms with Gasteiger partial charge in [0.15, 0.2) is 20.7 Å². The van der Waals surface area contributed by atoms with Crippen molar-refractivity contribution in [1.29, 1.82) is 0 Å². The molecule has 2 heterocycles. The van der Waals surface area contributed by atoms with Crippen LogP contribution in [0.5, 0.6) is 0 Å². The maximum absolute atomic E-state index is 13.7. The molecular weight excluding hydrogens is 476 g/mol. The lowest BCUT2D eigenvalue weighted by Gasteiger charge is -2.29. The number of para-hydroxylation sites is 2. The second kappa shape index (κ2) is 11.2. The number of urea groups is 1. The summed E-state index contributed by atoms with van der Waals surface area (Å²) in [6, 6.07) is 6.48. The maximum atomic E-state index is 13.7. The van der Waals surface area contributed by atoms with Crippen LogP contribution in [-0.4, -0.2) is 86.9 Å². The van der Waals surface area contributed by atoms with Gasteiger partial charge in [0.05, 0.1) is 19.0 Å². The van der Waals surface area contributed by atoms with E-state index in [0.717, 1.165) is 19.1 Å². The third kappa shape index (κ3) is 6.37. The van der Waals surface area contributed by atoms with E-state index >= 15 is 0 Å². The van der Waals surface area contributed by atoms with E-state index in [-0.39, 0.29) is 37.2 Å². The molecule has 3 amide bonds. The number of amides is 3. The Morgan fingerprint density at radius 3 is 2.66 bits per heavy atom. The number of hydrogen-bond acceptors (Lipinski definition) is 8. The van der Waals surface area contributed by atoms with E-state index in [4.69, 9.17) is 9.15 Å². The van der Waals surface area contributed by atoms with E-state index in [9.17, 15) is 22.8 Å². The van der Waals surface area contributed by atoms with Gasteiger partial charge in [0.2, 0.25) is 0 Å². The molecule has 1 unspecified atom stereocenters. The number of aromatic nitrogens is 1. The fourth-order valence-electron chi connectivity index (χ4n) is 3.94. The van der Waals surface area contributed by atoms with Crippen LogP contribution < -0.4 is 10.2 Å². The lowest BCUT2D eigenvalue weighted by atomic mass is 10.3. The average Bonchev–Trinajstić information content (AvgIpc) is 3.55. The first-order valence-corrected chi connectivity index (χ1v) is 13.5. The molecule has 2 aliphatic rings. The lowest BCUT2D eigenvalue weighted by molar-refractivity contribution is -0.118. The third-order valence-electron chi connectivity index (χ3n) is 6.09. The number of aldehydes is 1. The molecule has 1 aliphatic heterocycles. The molecule has 1 aliphatic carbocycles. The normalized spacial score (nSPS) is 17.2. The molecule has 1 saturated heterocycles. The number of ether oxygens (including phenoxy) is 1. The van der Waals surface area contributed by atoms with Gasteiger partial charge in [-0.25, -0.2) is 13.2 Å². The highest BCUT2D eigenvalue weighted by molar-refractivity contribution is 7.92. The first-order valence-electron chi connectivity index (χ1n) is 11.8. The van der Waals surface area contributed by atoms with E-state index < -0.39 is 27.0 Å². The Hall–Kier alpha value is -2.99. The van der Waals surface area contributed by atoms with Gasteiger partial charge in [0.1, 0.15) is 11.8 Å². The zero-order chi connectivity index (χ0) is 24.8. The van der Waals surface area contributed by atoms with Crippen LogP contribution in [0.1, 0.15) is 25.7 Å². The number of benzene rings is 1. The molecule has 4 rings (SSSR count). The Bertz CT molecular complexity index is 1120. The van der Waals surface area contributed by atoms with E-state index in [0.29, 0.717) is 43.8 Å². The molecule has 1 aromatic heterocycles. The van der Waals surface area contributed by atoms with Gasteiger partial charge in [-0.05, 0) is 37.3 Å². The second-order valence-corrected chi connectivity index (χ2v) is 11.0. The molecule has 1 aromatic carbocycles. The Balaban J connectivity index is 1.59. The SMILES string of the molecule is O=CCCCN(C(=O)C(CNC(=O)N1CCOCC1)S(=O)(=O)CC1CC1)c1nc2ccccc2o1. The third-order valence-corrected chi connectivity index (χ3v) is 8.27. The number of sulfone groups is 1. The monoisotopic (exact) mass is 506 g/mol. The van der Waals surface area contributed by atoms with Crippen LogP contribution >= 0.6 is 0 Å². The molecule has 0 bridgehead atoms. The van der Waals surface area contributed by atoms with Gasteiger partial charge in [-0.15, -0.1) is 0 Å². The van der Waals surface area contributed by atoms with Crippen LogP contribution in [0.4, 0.5) is 10.8 Å². The molecule has 0 radical (unpaired) electrons. The van der Waals surface area contributed by atoms with Crippen molar-refractivity contribution in [3.05, 3.63) is 24.3 Å². The van der Waals surface area contributed by atoms with E-state index in [1.165, 1.54) is 9.80 Å². The van der Waals surface area contributed by atoms with Gasteiger partial charge < -0.3 is 24.2 Å². The fraction of sp³-hybridized carbons (Fsp3) is 0.565. The Kier molecular flexibility index (Phi) is 8.01. The molecule has 1 N–H and O–H groups in total. The molecule has 2 aromatic rings. The summed E-state index contributed by atoms with van der Waals surface area (Å²) in [4.78, 5) is 44.3. The van der Waals surface area contributed by atoms with E-state index in [1.54, 1.807) is 24.3 Å². The highest BCUT2D eigenvalue weighted by Gasteiger charge is 2.41. The van der Waals surface area contributed by atoms with Gasteiger partial charge >= 0.3 is 12.0 Å². The number of anilines is 1. The number of carbonyl (C=O) groups is 3. The number of morpholine rings is 1. The van der Waals surface area contributed by atoms with Crippen molar-refractivity contribution in [3.63, 3.8) is 0 Å². The van der Waals surface area contributed by atoms with Crippen molar-refractivity contribution in [3.8, 4) is 0 Å². The lowest BCUT2D eigenvalue weighted by Crippen LogP contribution is -2.53. The van der Waals surface area contributed by atoms with E-state index in [2.05, 4.69) is 10.3 Å². The van der Waals surface area contributed by atoms with Crippen molar-refractivity contribution in [1.82, 2.24) is 15.2 Å². The number of oxazole rings is 1. The Morgan fingerprint density at radius 1 is 1.23 bits per heavy atom. The summed E-state index contributed by atoms with van der Waals surface area (Å²) in [6.07, 6.45) is 2.84. The van der Waals surface area contributed by atoms with Crippen LogP contribution in [0.25, 0.3) is 11.1 Å². The first-order chi connectivity index (χ1) is 16.9. The zero-order valence-electron chi connectivity index (χ0n) is 19.4. The van der Waals surface area contributed by atoms with Gasteiger partial charge in [-0.1, -0.05) is 12.1 Å². The van der Waals surface area contributed by atoms with Crippen molar-refractivity contribution < 1.29 is 32.0 Å². The van der Waals surface area contributed by atoms with Crippen LogP contribution in [-0.2, 0) is 24.2 Å². The summed E-state index contributed by atoms with van der Waals surface area (Å²) in [7, 11) is -3.89. The molecule has 1 atom stereocenters. The first kappa shape index (κ1) is 25.1. The number of rotatable bonds is 11. The summed E-state index contributed by atoms with van der Waals surface area (Å²) in [5.74, 6) is -0.824. The van der Waals surface area contributed by atoms with Gasteiger partial charge in [-0.2, -0.15) is 4.98 Å². The Morgan fingerprint density at radius 2 is 1.97 bits per heavy atom. The molecule has 1 saturated carbocycles. The number of nitrogens with one attached hydrogen (secondary N) is 1. The van der Waals surface area contributed by atoms with Gasteiger partial charge in [0, 0.05) is 32.6 Å². The molecule has 190 valence electrons. The fourth-order valence-corrected chi connectivity index (χ4v) is 5.93. The zero-order valence-corrected chi connectivity index (χ0v) is 20.2. The second-order valence-electron chi connectivity index (χ2n) is 8.81. The van der Waals surface area contributed by atoms with Crippen LogP contribution in [0, 0.1) is 5.92 Å². The van der Waals surface area contributed by atoms with Crippen molar-refractivity contribution in [2.45, 2.75) is 30.9 Å². The van der Waals surface area contributed by atoms with Gasteiger partial charge in [-0.3, -0.25) is 9.69 Å². The highest BCUT2D eigenvalue weighted by atomic mass is 32.2.